The molecule has 7 aromatic carbocycles. The maximum Gasteiger partial charge on any atom is 0.149 e. The zero-order chi connectivity index (χ0) is 35.9. The van der Waals surface area contributed by atoms with Gasteiger partial charge in [0.1, 0.15) is 17.0 Å². The molecule has 9 rings (SSSR count). The van der Waals surface area contributed by atoms with Crippen molar-refractivity contribution in [2.45, 2.75) is 65.7 Å². The fourth-order valence-corrected chi connectivity index (χ4v) is 8.06. The van der Waals surface area contributed by atoms with E-state index >= 15 is 0 Å². The van der Waals surface area contributed by atoms with Crippen molar-refractivity contribution >= 4 is 54.5 Å². The summed E-state index contributed by atoms with van der Waals surface area (Å²) in [6.07, 6.45) is 0. The summed E-state index contributed by atoms with van der Waals surface area (Å²) in [5.74, 6) is 1.45. The van der Waals surface area contributed by atoms with Crippen LogP contribution in [0.2, 0.25) is 0 Å². The average molecular weight is 677 g/mol. The van der Waals surface area contributed by atoms with Crippen LogP contribution in [0.3, 0.4) is 0 Å². The summed E-state index contributed by atoms with van der Waals surface area (Å²) in [5, 5.41) is 7.10. The molecule has 0 bridgehead atoms. The summed E-state index contributed by atoms with van der Waals surface area (Å²) in [4.78, 5) is 5.39. The van der Waals surface area contributed by atoms with Gasteiger partial charge in [0, 0.05) is 10.8 Å². The molecule has 0 unspecified atom stereocenters. The Hall–Kier alpha value is -5.67. The summed E-state index contributed by atoms with van der Waals surface area (Å²) >= 11 is 0. The number of imidazole rings is 1. The molecule has 0 radical (unpaired) electrons. The van der Waals surface area contributed by atoms with Crippen LogP contribution in [0.4, 0.5) is 0 Å². The molecule has 0 amide bonds. The topological polar surface area (TPSA) is 31.0 Å². The first-order valence-electron chi connectivity index (χ1n) is 18.6. The molecule has 0 atom stereocenters. The minimum atomic E-state index is 0.109. The molecule has 0 saturated carbocycles. The number of hydrogen-bond acceptors (Lipinski definition) is 2. The Balaban J connectivity index is 1.31. The largest absolute Gasteiger partial charge is 0.455 e. The van der Waals surface area contributed by atoms with Crippen LogP contribution in [0.1, 0.15) is 77.0 Å². The van der Waals surface area contributed by atoms with E-state index in [-0.39, 0.29) is 17.3 Å². The van der Waals surface area contributed by atoms with Crippen LogP contribution in [0.5, 0.6) is 0 Å². The number of furan rings is 1. The van der Waals surface area contributed by atoms with Gasteiger partial charge in [-0.25, -0.2) is 4.98 Å². The van der Waals surface area contributed by atoms with Crippen LogP contribution in [0, 0.1) is 0 Å². The van der Waals surface area contributed by atoms with Gasteiger partial charge >= 0.3 is 0 Å². The first kappa shape index (κ1) is 32.3. The lowest BCUT2D eigenvalue weighted by atomic mass is 9.85. The van der Waals surface area contributed by atoms with Gasteiger partial charge in [0.05, 0.1) is 22.3 Å². The Kier molecular flexibility index (Phi) is 7.41. The second-order valence-electron chi connectivity index (χ2n) is 16.0. The summed E-state index contributed by atoms with van der Waals surface area (Å²) in [6, 6.07) is 46.5. The smallest absolute Gasteiger partial charge is 0.149 e. The van der Waals surface area contributed by atoms with Crippen molar-refractivity contribution in [1.82, 2.24) is 9.55 Å². The minimum Gasteiger partial charge on any atom is -0.455 e. The average Bonchev–Trinajstić information content (AvgIpc) is 3.71. The highest BCUT2D eigenvalue weighted by molar-refractivity contribution is 6.17. The van der Waals surface area contributed by atoms with Crippen LogP contribution in [0.25, 0.3) is 82.7 Å². The highest BCUT2D eigenvalue weighted by Crippen LogP contribution is 2.43. The van der Waals surface area contributed by atoms with Crippen LogP contribution in [-0.2, 0) is 5.41 Å². The number of rotatable bonds is 5. The Morgan fingerprint density at radius 1 is 0.577 bits per heavy atom. The van der Waals surface area contributed by atoms with Crippen LogP contribution in [-0.4, -0.2) is 9.55 Å². The first-order chi connectivity index (χ1) is 25.1. The van der Waals surface area contributed by atoms with Gasteiger partial charge in [-0.1, -0.05) is 133 Å². The molecule has 9 aromatic rings. The molecule has 0 fully saturated rings. The van der Waals surface area contributed by atoms with E-state index in [1.54, 1.807) is 0 Å². The van der Waals surface area contributed by atoms with Gasteiger partial charge in [-0.05, 0) is 109 Å². The Labute approximate surface area is 305 Å². The molecule has 0 N–H and O–H groups in total. The lowest BCUT2D eigenvalue weighted by Crippen LogP contribution is -2.11. The number of nitrogens with zero attached hydrogens (tertiary/aromatic N) is 2. The molecule has 0 aliphatic carbocycles. The fraction of sp³-hybridized carbons (Fsp3) is 0.204. The maximum absolute atomic E-state index is 6.89. The van der Waals surface area contributed by atoms with Crippen LogP contribution in [0.15, 0.2) is 132 Å². The molecule has 0 saturated heterocycles. The van der Waals surface area contributed by atoms with Gasteiger partial charge in [-0.2, -0.15) is 0 Å². The van der Waals surface area contributed by atoms with E-state index in [9.17, 15) is 0 Å². The van der Waals surface area contributed by atoms with Crippen molar-refractivity contribution in [1.29, 1.82) is 0 Å². The van der Waals surface area contributed by atoms with E-state index in [0.717, 1.165) is 44.4 Å². The third-order valence-electron chi connectivity index (χ3n) is 10.9. The maximum atomic E-state index is 6.89. The number of hydrogen-bond donors (Lipinski definition) is 0. The van der Waals surface area contributed by atoms with Crippen molar-refractivity contribution < 1.29 is 4.42 Å². The second-order valence-corrected chi connectivity index (χ2v) is 16.0. The normalized spacial score (nSPS) is 12.5. The first-order valence-corrected chi connectivity index (χ1v) is 18.6. The number of para-hydroxylation sites is 3. The van der Waals surface area contributed by atoms with Gasteiger partial charge in [0.2, 0.25) is 0 Å². The van der Waals surface area contributed by atoms with Gasteiger partial charge < -0.3 is 4.42 Å². The fourth-order valence-electron chi connectivity index (χ4n) is 8.06. The molecule has 52 heavy (non-hydrogen) atoms. The van der Waals surface area contributed by atoms with Crippen molar-refractivity contribution in [2.75, 3.05) is 0 Å². The van der Waals surface area contributed by atoms with E-state index in [1.807, 2.05) is 0 Å². The summed E-state index contributed by atoms with van der Waals surface area (Å²) in [5.41, 5.74) is 12.6. The third kappa shape index (κ3) is 5.13. The molecule has 0 aliphatic rings. The molecule has 3 nitrogen and oxygen atoms in total. The lowest BCUT2D eigenvalue weighted by molar-refractivity contribution is 0.590. The summed E-state index contributed by atoms with van der Waals surface area (Å²) < 4.78 is 9.31. The van der Waals surface area contributed by atoms with Crippen LogP contribution < -0.4 is 0 Å². The zero-order valence-electron chi connectivity index (χ0n) is 31.1. The number of fused-ring (bicyclic) bond motifs is 7. The summed E-state index contributed by atoms with van der Waals surface area (Å²) in [6.45, 7) is 16.0. The highest BCUT2D eigenvalue weighted by atomic mass is 16.3. The van der Waals surface area contributed by atoms with Crippen molar-refractivity contribution in [2.24, 2.45) is 0 Å². The van der Waals surface area contributed by atoms with E-state index in [4.69, 9.17) is 9.40 Å². The SMILES string of the molecule is CC(C)c1cc(-c2ccc(C(C)(C)C)cc2)cc(C(C)C)c1-n1c(-c2cccc3c2oc2cc4c(ccc5ccccc54)cc23)nc2ccccc21. The standard InChI is InChI=1S/C49H44N2O/c1-29(2)39-26-34(31-21-23-35(24-22-31)49(5,6)7)27-40(30(3)4)46(39)51-44-18-11-10-17-43(44)50-48(51)38-16-12-15-37-42-25-33-20-19-32-13-8-9-14-36(32)41(33)28-45(42)52-47(37)38/h8-30H,1-7H3. The van der Waals surface area contributed by atoms with E-state index in [1.165, 1.54) is 55.0 Å². The third-order valence-corrected chi connectivity index (χ3v) is 10.9. The molecule has 3 heteroatoms. The van der Waals surface area contributed by atoms with Crippen molar-refractivity contribution in [3.05, 3.63) is 144 Å². The lowest BCUT2D eigenvalue weighted by Gasteiger charge is -2.25. The molecule has 0 spiro atoms. The molecule has 2 heterocycles. The Bertz CT molecular complexity index is 2790. The Morgan fingerprint density at radius 2 is 1.25 bits per heavy atom. The highest BCUT2D eigenvalue weighted by Gasteiger charge is 2.26. The molecule has 256 valence electrons. The quantitative estimate of drug-likeness (QED) is 0.170. The zero-order valence-corrected chi connectivity index (χ0v) is 31.1. The predicted octanol–water partition coefficient (Wildman–Crippen LogP) is 14.1. The van der Waals surface area contributed by atoms with Gasteiger partial charge in [-0.3, -0.25) is 4.57 Å². The second kappa shape index (κ2) is 12.0. The van der Waals surface area contributed by atoms with Crippen LogP contribution >= 0.6 is 0 Å². The molecule has 0 aliphatic heterocycles. The monoisotopic (exact) mass is 676 g/mol. The van der Waals surface area contributed by atoms with Crippen molar-refractivity contribution in [3.8, 4) is 28.2 Å². The van der Waals surface area contributed by atoms with Gasteiger partial charge in [-0.15, -0.1) is 0 Å². The Morgan fingerprint density at radius 3 is 1.98 bits per heavy atom. The number of aromatic nitrogens is 2. The molecular formula is C49H44N2O. The number of benzene rings is 7. The summed E-state index contributed by atoms with van der Waals surface area (Å²) in [7, 11) is 0. The predicted molar refractivity (Wildman–Crippen MR) is 221 cm³/mol. The van der Waals surface area contributed by atoms with E-state index in [0.29, 0.717) is 0 Å². The molecular weight excluding hydrogens is 633 g/mol. The van der Waals surface area contributed by atoms with Crippen molar-refractivity contribution in [3.63, 3.8) is 0 Å². The van der Waals surface area contributed by atoms with E-state index < -0.39 is 0 Å². The van der Waals surface area contributed by atoms with E-state index in [2.05, 4.69) is 180 Å². The molecule has 2 aromatic heterocycles. The van der Waals surface area contributed by atoms with Gasteiger partial charge in [0.25, 0.3) is 0 Å². The van der Waals surface area contributed by atoms with Gasteiger partial charge in [0.15, 0.2) is 0 Å². The minimum absolute atomic E-state index is 0.109.